The number of benzene rings is 7. The number of hydrogen-bond acceptors (Lipinski definition) is 4. The number of furan rings is 1. The predicted octanol–water partition coefficient (Wildman–Crippen LogP) is 11.8. The zero-order valence-corrected chi connectivity index (χ0v) is 26.5. The van der Waals surface area contributed by atoms with Crippen LogP contribution < -0.4 is 0 Å². The Morgan fingerprint density at radius 2 is 0.694 bits per heavy atom. The average molecular weight is 628 g/mol. The van der Waals surface area contributed by atoms with E-state index in [4.69, 9.17) is 19.4 Å². The van der Waals surface area contributed by atoms with E-state index in [0.29, 0.717) is 17.5 Å². The summed E-state index contributed by atoms with van der Waals surface area (Å²) in [4.78, 5) is 14.7. The van der Waals surface area contributed by atoms with Crippen molar-refractivity contribution in [3.05, 3.63) is 176 Å². The van der Waals surface area contributed by atoms with E-state index in [0.717, 1.165) is 49.8 Å². The highest BCUT2D eigenvalue weighted by Gasteiger charge is 2.15. The molecule has 0 radical (unpaired) electrons. The summed E-state index contributed by atoms with van der Waals surface area (Å²) in [7, 11) is 0. The molecule has 9 rings (SSSR count). The van der Waals surface area contributed by atoms with E-state index in [-0.39, 0.29) is 0 Å². The lowest BCUT2D eigenvalue weighted by atomic mass is 9.96. The molecule has 0 aliphatic heterocycles. The third kappa shape index (κ3) is 5.56. The highest BCUT2D eigenvalue weighted by atomic mass is 16.3. The van der Waals surface area contributed by atoms with Crippen molar-refractivity contribution in [2.75, 3.05) is 0 Å². The first-order chi connectivity index (χ1) is 24.2. The predicted molar refractivity (Wildman–Crippen MR) is 200 cm³/mol. The zero-order chi connectivity index (χ0) is 32.6. The molecule has 0 unspecified atom stereocenters. The highest BCUT2D eigenvalue weighted by Crippen LogP contribution is 2.36. The number of aromatic nitrogens is 3. The van der Waals surface area contributed by atoms with Gasteiger partial charge in [0.15, 0.2) is 17.5 Å². The maximum absolute atomic E-state index is 6.41. The van der Waals surface area contributed by atoms with Crippen molar-refractivity contribution in [2.45, 2.75) is 0 Å². The first kappa shape index (κ1) is 28.6. The lowest BCUT2D eigenvalue weighted by Crippen LogP contribution is -2.00. The number of hydrogen-bond donors (Lipinski definition) is 0. The Morgan fingerprint density at radius 3 is 1.31 bits per heavy atom. The molecule has 0 spiro atoms. The van der Waals surface area contributed by atoms with Gasteiger partial charge in [-0.25, -0.2) is 15.0 Å². The van der Waals surface area contributed by atoms with Crippen LogP contribution in [0.1, 0.15) is 0 Å². The number of rotatable bonds is 6. The average Bonchev–Trinajstić information content (AvgIpc) is 3.56. The molecule has 0 saturated heterocycles. The Kier molecular flexibility index (Phi) is 7.10. The molecule has 0 amide bonds. The topological polar surface area (TPSA) is 51.8 Å². The summed E-state index contributed by atoms with van der Waals surface area (Å²) in [6.07, 6.45) is 0. The Bertz CT molecular complexity index is 2520. The van der Waals surface area contributed by atoms with Gasteiger partial charge >= 0.3 is 0 Å². The quantitative estimate of drug-likeness (QED) is 0.184. The van der Waals surface area contributed by atoms with Crippen molar-refractivity contribution >= 4 is 21.9 Å². The molecule has 4 nitrogen and oxygen atoms in total. The van der Waals surface area contributed by atoms with Crippen LogP contribution in [0.2, 0.25) is 0 Å². The summed E-state index contributed by atoms with van der Waals surface area (Å²) in [5, 5.41) is 2.07. The van der Waals surface area contributed by atoms with Crippen LogP contribution in [0.3, 0.4) is 0 Å². The van der Waals surface area contributed by atoms with Crippen LogP contribution in [0.5, 0.6) is 0 Å². The first-order valence-corrected chi connectivity index (χ1v) is 16.4. The van der Waals surface area contributed by atoms with E-state index in [9.17, 15) is 0 Å². The molecule has 9 aromatic rings. The van der Waals surface area contributed by atoms with Gasteiger partial charge in [0.05, 0.1) is 0 Å². The van der Waals surface area contributed by atoms with Crippen LogP contribution >= 0.6 is 0 Å². The largest absolute Gasteiger partial charge is 0.456 e. The molecule has 0 atom stereocenters. The number of fused-ring (bicyclic) bond motifs is 3. The molecule has 7 aromatic carbocycles. The van der Waals surface area contributed by atoms with Gasteiger partial charge < -0.3 is 4.42 Å². The summed E-state index contributed by atoms with van der Waals surface area (Å²) in [5.74, 6) is 1.90. The Morgan fingerprint density at radius 1 is 0.265 bits per heavy atom. The summed E-state index contributed by atoms with van der Waals surface area (Å²) in [5.41, 5.74) is 11.5. The van der Waals surface area contributed by atoms with Crippen LogP contribution in [-0.4, -0.2) is 15.0 Å². The Labute approximate surface area is 284 Å². The maximum atomic E-state index is 6.41. The second-order valence-electron chi connectivity index (χ2n) is 12.1. The monoisotopic (exact) mass is 627 g/mol. The van der Waals surface area contributed by atoms with E-state index >= 15 is 0 Å². The van der Waals surface area contributed by atoms with Crippen LogP contribution in [0.15, 0.2) is 180 Å². The first-order valence-electron chi connectivity index (χ1n) is 16.4. The molecule has 0 saturated carbocycles. The van der Waals surface area contributed by atoms with E-state index in [1.807, 2.05) is 78.9 Å². The molecule has 0 aliphatic rings. The highest BCUT2D eigenvalue weighted by molar-refractivity contribution is 6.07. The molecule has 0 fully saturated rings. The van der Waals surface area contributed by atoms with Crippen molar-refractivity contribution in [1.82, 2.24) is 15.0 Å². The van der Waals surface area contributed by atoms with E-state index in [1.165, 1.54) is 22.3 Å². The smallest absolute Gasteiger partial charge is 0.164 e. The van der Waals surface area contributed by atoms with Gasteiger partial charge in [0.2, 0.25) is 0 Å². The van der Waals surface area contributed by atoms with Gasteiger partial charge in [-0.2, -0.15) is 0 Å². The fourth-order valence-electron chi connectivity index (χ4n) is 6.40. The van der Waals surface area contributed by atoms with Crippen molar-refractivity contribution in [3.8, 4) is 67.5 Å². The maximum Gasteiger partial charge on any atom is 0.164 e. The van der Waals surface area contributed by atoms with Gasteiger partial charge in [-0.1, -0.05) is 140 Å². The fourth-order valence-corrected chi connectivity index (χ4v) is 6.40. The fraction of sp³-hybridized carbons (Fsp3) is 0. The normalized spacial score (nSPS) is 11.3. The second kappa shape index (κ2) is 12.2. The standard InChI is InChI=1S/C45H29N3O/c1-4-11-30(12-5-1)31-19-21-32(22-20-31)35-17-10-18-36(27-35)37-23-25-39-40-28-38(24-26-41(40)49-42(39)29-37)45-47-43(33-13-6-2-7-14-33)46-44(48-45)34-15-8-3-9-16-34/h1-29H. The molecule has 2 heterocycles. The van der Waals surface area contributed by atoms with Crippen LogP contribution in [0, 0.1) is 0 Å². The van der Waals surface area contributed by atoms with Crippen molar-refractivity contribution in [1.29, 1.82) is 0 Å². The van der Waals surface area contributed by atoms with E-state index in [2.05, 4.69) is 97.1 Å². The lowest BCUT2D eigenvalue weighted by Gasteiger charge is -2.08. The van der Waals surface area contributed by atoms with Crippen LogP contribution in [0.4, 0.5) is 0 Å². The molecule has 0 aliphatic carbocycles. The van der Waals surface area contributed by atoms with Gasteiger partial charge in [-0.3, -0.25) is 0 Å². The van der Waals surface area contributed by atoms with Gasteiger partial charge in [0, 0.05) is 27.5 Å². The zero-order valence-electron chi connectivity index (χ0n) is 26.5. The van der Waals surface area contributed by atoms with Gasteiger partial charge in [0.25, 0.3) is 0 Å². The molecule has 0 N–H and O–H groups in total. The molecular formula is C45H29N3O. The van der Waals surface area contributed by atoms with Gasteiger partial charge in [0.1, 0.15) is 11.2 Å². The molecule has 49 heavy (non-hydrogen) atoms. The van der Waals surface area contributed by atoms with Crippen LogP contribution in [0.25, 0.3) is 89.5 Å². The van der Waals surface area contributed by atoms with Gasteiger partial charge in [-0.05, 0) is 69.8 Å². The van der Waals surface area contributed by atoms with E-state index < -0.39 is 0 Å². The number of nitrogens with zero attached hydrogens (tertiary/aromatic N) is 3. The molecule has 2 aromatic heterocycles. The van der Waals surface area contributed by atoms with Gasteiger partial charge in [-0.15, -0.1) is 0 Å². The summed E-state index contributed by atoms with van der Waals surface area (Å²) >= 11 is 0. The van der Waals surface area contributed by atoms with Crippen LogP contribution in [-0.2, 0) is 0 Å². The summed E-state index contributed by atoms with van der Waals surface area (Å²) in [6, 6.07) is 60.6. The third-order valence-corrected chi connectivity index (χ3v) is 8.95. The summed E-state index contributed by atoms with van der Waals surface area (Å²) < 4.78 is 6.41. The lowest BCUT2D eigenvalue weighted by molar-refractivity contribution is 0.669. The van der Waals surface area contributed by atoms with Crippen molar-refractivity contribution in [2.24, 2.45) is 0 Å². The Balaban J connectivity index is 1.07. The minimum atomic E-state index is 0.620. The summed E-state index contributed by atoms with van der Waals surface area (Å²) in [6.45, 7) is 0. The molecule has 0 bridgehead atoms. The second-order valence-corrected chi connectivity index (χ2v) is 12.1. The molecule has 230 valence electrons. The SMILES string of the molecule is c1ccc(-c2ccc(-c3cccc(-c4ccc5c(c4)oc4ccc(-c6nc(-c7ccccc7)nc(-c7ccccc7)n6)cc45)c3)cc2)cc1. The Hall–Kier alpha value is -6.65. The minimum Gasteiger partial charge on any atom is -0.456 e. The third-order valence-electron chi connectivity index (χ3n) is 8.95. The van der Waals surface area contributed by atoms with Crippen molar-refractivity contribution < 1.29 is 4.42 Å². The molecule has 4 heteroatoms. The molecular weight excluding hydrogens is 599 g/mol. The van der Waals surface area contributed by atoms with Crippen molar-refractivity contribution in [3.63, 3.8) is 0 Å². The van der Waals surface area contributed by atoms with E-state index in [1.54, 1.807) is 0 Å². The minimum absolute atomic E-state index is 0.620.